The van der Waals surface area contributed by atoms with Gasteiger partial charge < -0.3 is 24.2 Å². The third-order valence-electron chi connectivity index (χ3n) is 6.63. The monoisotopic (exact) mass is 521 g/mol. The Hall–Kier alpha value is -3.78. The number of carbonyl (C=O) groups excluding carboxylic acids is 2. The molecule has 7 nitrogen and oxygen atoms in total. The molecule has 1 fully saturated rings. The average Bonchev–Trinajstić information content (AvgIpc) is 3.49. The maximum atomic E-state index is 13.5. The first-order valence-corrected chi connectivity index (χ1v) is 12.8. The Bertz CT molecular complexity index is 1360. The molecule has 1 atom stereocenters. The van der Waals surface area contributed by atoms with Crippen molar-refractivity contribution in [1.82, 2.24) is 4.90 Å². The lowest BCUT2D eigenvalue weighted by Crippen LogP contribution is -2.29. The minimum Gasteiger partial charge on any atom is -0.507 e. The van der Waals surface area contributed by atoms with Crippen LogP contribution in [0, 0.1) is 6.92 Å². The highest BCUT2D eigenvalue weighted by atomic mass is 32.1. The van der Waals surface area contributed by atoms with Crippen LogP contribution in [-0.4, -0.2) is 43.0 Å². The number of aliphatic hydroxyl groups excluding tert-OH is 1. The number of hydrogen-bond donors (Lipinski definition) is 1. The molecular weight excluding hydrogens is 490 g/mol. The predicted octanol–water partition coefficient (Wildman–Crippen LogP) is 5.83. The smallest absolute Gasteiger partial charge is 0.295 e. The minimum atomic E-state index is -0.879. The number of amides is 1. The van der Waals surface area contributed by atoms with Crippen molar-refractivity contribution in [3.05, 3.63) is 80.5 Å². The number of benzene rings is 2. The number of Topliss-reactive ketones (excluding diaryl/α,β-unsaturated/α-hetero) is 1. The number of likely N-dealkylation sites (tertiary alicyclic amines) is 1. The van der Waals surface area contributed by atoms with Crippen molar-refractivity contribution in [3.8, 4) is 17.2 Å². The molecule has 0 saturated carbocycles. The Labute approximate surface area is 220 Å². The molecule has 1 aliphatic heterocycles. The van der Waals surface area contributed by atoms with E-state index in [0.717, 1.165) is 16.0 Å². The van der Waals surface area contributed by atoms with Crippen LogP contribution in [0.5, 0.6) is 17.2 Å². The maximum absolute atomic E-state index is 13.5. The highest BCUT2D eigenvalue weighted by Gasteiger charge is 2.47. The third-order valence-corrected chi connectivity index (χ3v) is 7.49. The lowest BCUT2D eigenvalue weighted by Gasteiger charge is -2.27. The first-order valence-electron chi connectivity index (χ1n) is 11.9. The molecule has 1 unspecified atom stereocenters. The van der Waals surface area contributed by atoms with E-state index in [0.29, 0.717) is 28.4 Å². The summed E-state index contributed by atoms with van der Waals surface area (Å²) in [6.45, 7) is 6.10. The van der Waals surface area contributed by atoms with Crippen molar-refractivity contribution < 1.29 is 28.9 Å². The van der Waals surface area contributed by atoms with E-state index in [9.17, 15) is 14.7 Å². The number of ketones is 1. The molecular formula is C29H31NO6S. The van der Waals surface area contributed by atoms with E-state index >= 15 is 0 Å². The van der Waals surface area contributed by atoms with Gasteiger partial charge in [-0.1, -0.05) is 32.0 Å². The van der Waals surface area contributed by atoms with E-state index in [4.69, 9.17) is 14.2 Å². The van der Waals surface area contributed by atoms with E-state index in [-0.39, 0.29) is 23.8 Å². The van der Waals surface area contributed by atoms with Gasteiger partial charge in [0.05, 0.1) is 39.5 Å². The Morgan fingerprint density at radius 2 is 1.76 bits per heavy atom. The van der Waals surface area contributed by atoms with Gasteiger partial charge in [-0.3, -0.25) is 9.59 Å². The van der Waals surface area contributed by atoms with Crippen LogP contribution in [0.4, 0.5) is 0 Å². The van der Waals surface area contributed by atoms with Crippen LogP contribution in [0.2, 0.25) is 0 Å². The minimum absolute atomic E-state index is 0.0103. The van der Waals surface area contributed by atoms with Crippen LogP contribution in [-0.2, 0) is 16.1 Å². The molecule has 37 heavy (non-hydrogen) atoms. The lowest BCUT2D eigenvalue weighted by atomic mass is 9.90. The largest absolute Gasteiger partial charge is 0.507 e. The molecule has 0 aliphatic carbocycles. The summed E-state index contributed by atoms with van der Waals surface area (Å²) in [6, 6.07) is 11.9. The Balaban J connectivity index is 1.99. The molecule has 0 radical (unpaired) electrons. The fourth-order valence-corrected chi connectivity index (χ4v) is 5.49. The average molecular weight is 522 g/mol. The van der Waals surface area contributed by atoms with Gasteiger partial charge >= 0.3 is 0 Å². The summed E-state index contributed by atoms with van der Waals surface area (Å²) in [5, 5.41) is 13.6. The molecule has 0 bridgehead atoms. The van der Waals surface area contributed by atoms with Gasteiger partial charge in [0.1, 0.15) is 11.5 Å². The quantitative estimate of drug-likeness (QED) is 0.228. The van der Waals surface area contributed by atoms with Crippen LogP contribution in [0.15, 0.2) is 53.4 Å². The maximum Gasteiger partial charge on any atom is 0.295 e. The molecule has 1 aromatic heterocycles. The van der Waals surface area contributed by atoms with Crippen LogP contribution in [0.25, 0.3) is 5.76 Å². The molecule has 2 heterocycles. The number of aliphatic hydroxyl groups is 1. The van der Waals surface area contributed by atoms with Crippen LogP contribution in [0.3, 0.4) is 0 Å². The normalized spacial score (nSPS) is 16.9. The zero-order chi connectivity index (χ0) is 26.9. The Kier molecular flexibility index (Phi) is 7.59. The van der Waals surface area contributed by atoms with E-state index < -0.39 is 17.7 Å². The highest BCUT2D eigenvalue weighted by molar-refractivity contribution is 7.09. The number of nitrogens with zero attached hydrogens (tertiary/aromatic N) is 1. The summed E-state index contributed by atoms with van der Waals surface area (Å²) < 4.78 is 16.7. The third kappa shape index (κ3) is 4.69. The van der Waals surface area contributed by atoms with Gasteiger partial charge in [0.2, 0.25) is 0 Å². The first kappa shape index (κ1) is 26.3. The Morgan fingerprint density at radius 1 is 1.03 bits per heavy atom. The second-order valence-electron chi connectivity index (χ2n) is 9.15. The van der Waals surface area contributed by atoms with Crippen molar-refractivity contribution in [3.63, 3.8) is 0 Å². The van der Waals surface area contributed by atoms with Gasteiger partial charge in [0, 0.05) is 16.0 Å². The molecule has 194 valence electrons. The number of hydrogen-bond acceptors (Lipinski definition) is 7. The zero-order valence-corrected chi connectivity index (χ0v) is 22.6. The van der Waals surface area contributed by atoms with E-state index in [1.807, 2.05) is 50.4 Å². The van der Waals surface area contributed by atoms with Gasteiger partial charge in [-0.25, -0.2) is 0 Å². The second kappa shape index (κ2) is 10.7. The fraction of sp³-hybridized carbons (Fsp3) is 0.310. The van der Waals surface area contributed by atoms with Crippen molar-refractivity contribution in [2.24, 2.45) is 0 Å². The number of aryl methyl sites for hydroxylation is 1. The second-order valence-corrected chi connectivity index (χ2v) is 10.2. The molecule has 1 N–H and O–H groups in total. The van der Waals surface area contributed by atoms with Crippen molar-refractivity contribution in [1.29, 1.82) is 0 Å². The van der Waals surface area contributed by atoms with E-state index in [1.165, 1.54) is 30.5 Å². The topological polar surface area (TPSA) is 85.3 Å². The number of carbonyl (C=O) groups is 2. The summed E-state index contributed by atoms with van der Waals surface area (Å²) in [6.07, 6.45) is 0. The number of ether oxygens (including phenoxy) is 3. The van der Waals surface area contributed by atoms with Crippen molar-refractivity contribution in [2.45, 2.75) is 39.3 Å². The van der Waals surface area contributed by atoms with Gasteiger partial charge in [0.15, 0.2) is 11.5 Å². The van der Waals surface area contributed by atoms with Gasteiger partial charge in [-0.15, -0.1) is 11.3 Å². The highest BCUT2D eigenvalue weighted by Crippen LogP contribution is 2.47. The Morgan fingerprint density at radius 3 is 2.35 bits per heavy atom. The molecule has 3 aromatic rings. The number of rotatable bonds is 8. The summed E-state index contributed by atoms with van der Waals surface area (Å²) in [5.74, 6) is 0.0119. The van der Waals surface area contributed by atoms with E-state index in [1.54, 1.807) is 25.3 Å². The molecule has 1 aliphatic rings. The summed E-state index contributed by atoms with van der Waals surface area (Å²) in [4.78, 5) is 29.4. The van der Waals surface area contributed by atoms with E-state index in [2.05, 4.69) is 0 Å². The SMILES string of the molecule is COc1cc(C)c(/C(O)=C2\C(=O)C(=O)N(Cc3cccs3)C2c2cccc(OC)c2OC)cc1C(C)C. The van der Waals surface area contributed by atoms with Crippen LogP contribution >= 0.6 is 11.3 Å². The first-order chi connectivity index (χ1) is 17.7. The number of thiophene rings is 1. The molecule has 8 heteroatoms. The lowest BCUT2D eigenvalue weighted by molar-refractivity contribution is -0.140. The molecule has 2 aromatic carbocycles. The molecule has 4 rings (SSSR count). The number of methoxy groups -OCH3 is 3. The molecule has 0 spiro atoms. The van der Waals surface area contributed by atoms with Gasteiger partial charge in [-0.2, -0.15) is 0 Å². The summed E-state index contributed by atoms with van der Waals surface area (Å²) in [5.41, 5.74) is 2.65. The van der Waals surface area contributed by atoms with Crippen LogP contribution in [0.1, 0.15) is 52.9 Å². The summed E-state index contributed by atoms with van der Waals surface area (Å²) in [7, 11) is 4.64. The van der Waals surface area contributed by atoms with Gasteiger partial charge in [0.25, 0.3) is 11.7 Å². The fourth-order valence-electron chi connectivity index (χ4n) is 4.79. The molecule has 1 amide bonds. The molecule has 1 saturated heterocycles. The van der Waals surface area contributed by atoms with Crippen molar-refractivity contribution in [2.75, 3.05) is 21.3 Å². The van der Waals surface area contributed by atoms with Gasteiger partial charge in [-0.05, 0) is 53.6 Å². The number of para-hydroxylation sites is 1. The predicted molar refractivity (Wildman–Crippen MR) is 144 cm³/mol. The van der Waals surface area contributed by atoms with Crippen molar-refractivity contribution >= 4 is 28.8 Å². The zero-order valence-electron chi connectivity index (χ0n) is 21.8. The van der Waals surface area contributed by atoms with Crippen LogP contribution < -0.4 is 14.2 Å². The standard InChI is InChI=1S/C29H31NO6S/c1-16(2)20-14-21(17(3)13-23(20)35-5)26(31)24-25(19-10-7-11-22(34-4)28(19)36-6)30(29(33)27(24)32)15-18-9-8-12-37-18/h7-14,16,25,31H,15H2,1-6H3/b26-24+. The summed E-state index contributed by atoms with van der Waals surface area (Å²) >= 11 is 1.49.